The number of ether oxygens (including phenoxy) is 1. The zero-order valence-corrected chi connectivity index (χ0v) is 14.3. The number of nitriles is 1. The fourth-order valence-corrected chi connectivity index (χ4v) is 2.90. The number of amides is 1. The molecule has 3 rings (SSSR count). The molecular weight excluding hydrogens is 332 g/mol. The molecule has 1 aliphatic rings. The number of benzene rings is 1. The third-order valence-corrected chi connectivity index (χ3v) is 4.26. The van der Waals surface area contributed by atoms with Crippen molar-refractivity contribution >= 4 is 17.7 Å². The minimum Gasteiger partial charge on any atom is -0.484 e. The second-order valence-electron chi connectivity index (χ2n) is 6.06. The van der Waals surface area contributed by atoms with Crippen molar-refractivity contribution in [2.75, 3.05) is 31.2 Å². The number of aromatic nitrogens is 2. The van der Waals surface area contributed by atoms with Crippen LogP contribution >= 0.6 is 0 Å². The Bertz CT molecular complexity index is 838. The van der Waals surface area contributed by atoms with Crippen molar-refractivity contribution in [2.45, 2.75) is 19.3 Å². The van der Waals surface area contributed by atoms with Gasteiger partial charge in [-0.05, 0) is 43.5 Å². The molecule has 1 aliphatic heterocycles. The van der Waals surface area contributed by atoms with Gasteiger partial charge in [-0.1, -0.05) is 0 Å². The fourth-order valence-electron chi connectivity index (χ4n) is 2.90. The van der Waals surface area contributed by atoms with Crippen LogP contribution in [0, 0.1) is 11.3 Å². The molecule has 0 spiro atoms. The van der Waals surface area contributed by atoms with Gasteiger partial charge in [0, 0.05) is 18.7 Å². The van der Waals surface area contributed by atoms with Gasteiger partial charge < -0.3 is 21.1 Å². The third-order valence-electron chi connectivity index (χ3n) is 4.26. The number of nitrogen functional groups attached to an aromatic ring is 2. The number of piperidine rings is 1. The summed E-state index contributed by atoms with van der Waals surface area (Å²) >= 11 is 0. The van der Waals surface area contributed by atoms with Crippen LogP contribution in [0.2, 0.25) is 0 Å². The van der Waals surface area contributed by atoms with E-state index >= 15 is 0 Å². The number of nitrogens with two attached hydrogens (primary N) is 2. The summed E-state index contributed by atoms with van der Waals surface area (Å²) < 4.78 is 5.58. The molecule has 134 valence electrons. The number of rotatable bonds is 4. The Morgan fingerprint density at radius 2 is 1.85 bits per heavy atom. The Morgan fingerprint density at radius 1 is 1.15 bits per heavy atom. The number of carbonyl (C=O) groups excluding carboxylic acids is 1. The van der Waals surface area contributed by atoms with Gasteiger partial charge in [0.1, 0.15) is 23.2 Å². The molecule has 8 nitrogen and oxygen atoms in total. The van der Waals surface area contributed by atoms with E-state index in [-0.39, 0.29) is 29.8 Å². The van der Waals surface area contributed by atoms with E-state index in [4.69, 9.17) is 16.2 Å². The average Bonchev–Trinajstić information content (AvgIpc) is 2.66. The Balaban J connectivity index is 1.69. The van der Waals surface area contributed by atoms with Gasteiger partial charge >= 0.3 is 0 Å². The van der Waals surface area contributed by atoms with Crippen LogP contribution in [-0.4, -0.2) is 40.5 Å². The van der Waals surface area contributed by atoms with E-state index in [0.29, 0.717) is 17.0 Å². The van der Waals surface area contributed by atoms with E-state index in [1.807, 2.05) is 11.0 Å². The molecule has 0 atom stereocenters. The van der Waals surface area contributed by atoms with Gasteiger partial charge in [0.25, 0.3) is 5.91 Å². The van der Waals surface area contributed by atoms with Gasteiger partial charge in [0.15, 0.2) is 6.61 Å². The van der Waals surface area contributed by atoms with Crippen molar-refractivity contribution in [1.82, 2.24) is 14.9 Å². The van der Waals surface area contributed by atoms with Crippen LogP contribution in [-0.2, 0) is 4.79 Å². The molecule has 0 radical (unpaired) electrons. The summed E-state index contributed by atoms with van der Waals surface area (Å²) in [5.74, 6) is 0.607. The van der Waals surface area contributed by atoms with Crippen LogP contribution in [0.3, 0.4) is 0 Å². The smallest absolute Gasteiger partial charge is 0.260 e. The van der Waals surface area contributed by atoms with Gasteiger partial charge in [-0.3, -0.25) is 4.79 Å². The van der Waals surface area contributed by atoms with E-state index in [2.05, 4.69) is 9.97 Å². The molecule has 8 heteroatoms. The van der Waals surface area contributed by atoms with Gasteiger partial charge in [-0.15, -0.1) is 0 Å². The maximum absolute atomic E-state index is 12.1. The number of carbonyl (C=O) groups is 1. The van der Waals surface area contributed by atoms with Crippen LogP contribution in [0.5, 0.6) is 5.75 Å². The molecule has 2 heterocycles. The first kappa shape index (κ1) is 17.5. The highest BCUT2D eigenvalue weighted by molar-refractivity contribution is 5.78. The van der Waals surface area contributed by atoms with E-state index < -0.39 is 0 Å². The van der Waals surface area contributed by atoms with E-state index in [9.17, 15) is 10.1 Å². The Morgan fingerprint density at radius 3 is 2.50 bits per heavy atom. The van der Waals surface area contributed by atoms with Crippen LogP contribution in [0.1, 0.15) is 24.8 Å². The van der Waals surface area contributed by atoms with Crippen LogP contribution < -0.4 is 16.2 Å². The molecule has 1 amide bonds. The number of hydrogen-bond acceptors (Lipinski definition) is 7. The molecule has 0 aliphatic carbocycles. The van der Waals surface area contributed by atoms with Gasteiger partial charge in [0.05, 0.1) is 5.69 Å². The molecule has 4 N–H and O–H groups in total. The molecule has 1 fully saturated rings. The van der Waals surface area contributed by atoms with Gasteiger partial charge in [-0.25, -0.2) is 4.98 Å². The molecule has 0 unspecified atom stereocenters. The molecule has 1 saturated heterocycles. The van der Waals surface area contributed by atoms with Gasteiger partial charge in [-0.2, -0.15) is 10.2 Å². The highest BCUT2D eigenvalue weighted by Crippen LogP contribution is 2.27. The minimum atomic E-state index is -0.00288. The van der Waals surface area contributed by atoms with E-state index in [1.54, 1.807) is 24.3 Å². The van der Waals surface area contributed by atoms with Crippen molar-refractivity contribution in [3.63, 3.8) is 0 Å². The lowest BCUT2D eigenvalue weighted by Gasteiger charge is -2.26. The molecule has 2 aromatic rings. The predicted octanol–water partition coefficient (Wildman–Crippen LogP) is 1.57. The van der Waals surface area contributed by atoms with Crippen molar-refractivity contribution in [2.24, 2.45) is 0 Å². The number of hydrogen-bond donors (Lipinski definition) is 2. The summed E-state index contributed by atoms with van der Waals surface area (Å²) in [7, 11) is 0. The molecule has 1 aromatic carbocycles. The Kier molecular flexibility index (Phi) is 5.17. The topological polar surface area (TPSA) is 131 Å². The minimum absolute atomic E-state index is 0.00288. The number of nitrogens with zero attached hydrogens (tertiary/aromatic N) is 4. The summed E-state index contributed by atoms with van der Waals surface area (Å²) in [6, 6.07) is 8.90. The summed E-state index contributed by atoms with van der Waals surface area (Å²) in [6.07, 6.45) is 3.27. The Labute approximate surface area is 151 Å². The standard InChI is InChI=1S/C18H20N6O2/c19-10-14-16(22-18(21)23-17(14)20)12-4-6-13(7-5-12)26-11-15(25)24-8-2-1-3-9-24/h4-7H,1-3,8-9,11H2,(H4,20,21,22,23). The summed E-state index contributed by atoms with van der Waals surface area (Å²) in [5.41, 5.74) is 12.6. The first-order chi connectivity index (χ1) is 12.6. The van der Waals surface area contributed by atoms with Gasteiger partial charge in [0.2, 0.25) is 5.95 Å². The Hall–Kier alpha value is -3.34. The summed E-state index contributed by atoms with van der Waals surface area (Å²) in [4.78, 5) is 21.9. The first-order valence-corrected chi connectivity index (χ1v) is 8.42. The van der Waals surface area contributed by atoms with Crippen molar-refractivity contribution in [3.8, 4) is 23.1 Å². The molecule has 0 saturated carbocycles. The second kappa shape index (κ2) is 7.70. The van der Waals surface area contributed by atoms with Crippen molar-refractivity contribution < 1.29 is 9.53 Å². The lowest BCUT2D eigenvalue weighted by Crippen LogP contribution is -2.38. The molecular formula is C18H20N6O2. The lowest BCUT2D eigenvalue weighted by atomic mass is 10.1. The van der Waals surface area contributed by atoms with E-state index in [0.717, 1.165) is 25.9 Å². The zero-order valence-electron chi connectivity index (χ0n) is 14.3. The predicted molar refractivity (Wildman–Crippen MR) is 96.9 cm³/mol. The third kappa shape index (κ3) is 3.83. The molecule has 1 aromatic heterocycles. The molecule has 0 bridgehead atoms. The van der Waals surface area contributed by atoms with Crippen LogP contribution in [0.4, 0.5) is 11.8 Å². The number of anilines is 2. The first-order valence-electron chi connectivity index (χ1n) is 8.42. The monoisotopic (exact) mass is 352 g/mol. The average molecular weight is 352 g/mol. The number of likely N-dealkylation sites (tertiary alicyclic amines) is 1. The maximum Gasteiger partial charge on any atom is 0.260 e. The highest BCUT2D eigenvalue weighted by Gasteiger charge is 2.17. The van der Waals surface area contributed by atoms with Crippen molar-refractivity contribution in [3.05, 3.63) is 29.8 Å². The van der Waals surface area contributed by atoms with Crippen molar-refractivity contribution in [1.29, 1.82) is 5.26 Å². The van der Waals surface area contributed by atoms with Crippen LogP contribution in [0.15, 0.2) is 24.3 Å². The quantitative estimate of drug-likeness (QED) is 0.853. The second-order valence-corrected chi connectivity index (χ2v) is 6.06. The SMILES string of the molecule is N#Cc1c(N)nc(N)nc1-c1ccc(OCC(=O)N2CCCCC2)cc1. The fraction of sp³-hybridized carbons (Fsp3) is 0.333. The lowest BCUT2D eigenvalue weighted by molar-refractivity contribution is -0.134. The van der Waals surface area contributed by atoms with Crippen LogP contribution in [0.25, 0.3) is 11.3 Å². The zero-order chi connectivity index (χ0) is 18.5. The molecule has 26 heavy (non-hydrogen) atoms. The maximum atomic E-state index is 12.1. The summed E-state index contributed by atoms with van der Waals surface area (Å²) in [5, 5.41) is 9.26. The normalized spacial score (nSPS) is 13.9. The largest absolute Gasteiger partial charge is 0.484 e. The highest BCUT2D eigenvalue weighted by atomic mass is 16.5. The summed E-state index contributed by atoms with van der Waals surface area (Å²) in [6.45, 7) is 1.61. The van der Waals surface area contributed by atoms with E-state index in [1.165, 1.54) is 6.42 Å².